The van der Waals surface area contributed by atoms with E-state index in [4.69, 9.17) is 11.6 Å². The van der Waals surface area contributed by atoms with Gasteiger partial charge in [-0.1, -0.05) is 17.7 Å². The highest BCUT2D eigenvalue weighted by Gasteiger charge is 2.10. The molecule has 0 aliphatic heterocycles. The Balaban J connectivity index is 1.66. The van der Waals surface area contributed by atoms with Gasteiger partial charge >= 0.3 is 5.97 Å². The third-order valence-electron chi connectivity index (χ3n) is 3.92. The Morgan fingerprint density at radius 2 is 1.68 bits per heavy atom. The summed E-state index contributed by atoms with van der Waals surface area (Å²) in [7, 11) is 1.33. The molecular formula is C20H17ClN4O3. The van der Waals surface area contributed by atoms with Gasteiger partial charge in [-0.05, 0) is 48.9 Å². The first-order valence-corrected chi connectivity index (χ1v) is 8.69. The summed E-state index contributed by atoms with van der Waals surface area (Å²) in [6.07, 6.45) is 2.85. The minimum Gasteiger partial charge on any atom is -0.465 e. The number of ether oxygens (including phenoxy) is 1. The zero-order chi connectivity index (χ0) is 20.1. The highest BCUT2D eigenvalue weighted by Crippen LogP contribution is 2.21. The second kappa shape index (κ2) is 8.49. The fourth-order valence-electron chi connectivity index (χ4n) is 2.37. The molecule has 28 heavy (non-hydrogen) atoms. The van der Waals surface area contributed by atoms with Crippen LogP contribution in [0.2, 0.25) is 5.02 Å². The summed E-state index contributed by atoms with van der Waals surface area (Å²) in [6.45, 7) is 1.88. The lowest BCUT2D eigenvalue weighted by atomic mass is 10.2. The maximum absolute atomic E-state index is 12.4. The van der Waals surface area contributed by atoms with Crippen molar-refractivity contribution >= 4 is 40.8 Å². The van der Waals surface area contributed by atoms with E-state index >= 15 is 0 Å². The van der Waals surface area contributed by atoms with E-state index in [0.29, 0.717) is 33.5 Å². The number of hydrogen-bond donors (Lipinski definition) is 2. The van der Waals surface area contributed by atoms with Gasteiger partial charge in [-0.3, -0.25) is 4.79 Å². The Hall–Kier alpha value is -3.45. The van der Waals surface area contributed by atoms with Crippen LogP contribution in [0.1, 0.15) is 26.3 Å². The second-order valence-corrected chi connectivity index (χ2v) is 6.34. The Morgan fingerprint density at radius 1 is 1.00 bits per heavy atom. The number of carbonyl (C=O) groups excluding carboxylic acids is 2. The monoisotopic (exact) mass is 396 g/mol. The smallest absolute Gasteiger partial charge is 0.337 e. The van der Waals surface area contributed by atoms with Gasteiger partial charge < -0.3 is 15.4 Å². The average molecular weight is 397 g/mol. The summed E-state index contributed by atoms with van der Waals surface area (Å²) in [5.74, 6) is -0.422. The molecule has 1 aromatic heterocycles. The molecule has 0 aliphatic carbocycles. The number of aryl methyl sites for hydroxylation is 1. The van der Waals surface area contributed by atoms with Gasteiger partial charge in [0.1, 0.15) is 0 Å². The minimum absolute atomic E-state index is 0.311. The van der Waals surface area contributed by atoms with Crippen LogP contribution in [-0.4, -0.2) is 29.0 Å². The van der Waals surface area contributed by atoms with Gasteiger partial charge in [0.15, 0.2) is 0 Å². The van der Waals surface area contributed by atoms with Crippen LogP contribution in [0.25, 0.3) is 0 Å². The maximum Gasteiger partial charge on any atom is 0.337 e. The van der Waals surface area contributed by atoms with Gasteiger partial charge in [-0.25, -0.2) is 14.8 Å². The topological polar surface area (TPSA) is 93.2 Å². The van der Waals surface area contributed by atoms with Gasteiger partial charge in [0.2, 0.25) is 5.95 Å². The maximum atomic E-state index is 12.4. The van der Waals surface area contributed by atoms with E-state index in [1.165, 1.54) is 19.5 Å². The molecule has 2 N–H and O–H groups in total. The van der Waals surface area contributed by atoms with Crippen LogP contribution >= 0.6 is 11.6 Å². The molecule has 8 heteroatoms. The van der Waals surface area contributed by atoms with Crippen LogP contribution in [0.5, 0.6) is 0 Å². The van der Waals surface area contributed by atoms with Crippen molar-refractivity contribution in [2.24, 2.45) is 0 Å². The minimum atomic E-state index is -0.409. The Bertz CT molecular complexity index is 1000. The van der Waals surface area contributed by atoms with E-state index in [1.807, 2.05) is 13.0 Å². The van der Waals surface area contributed by atoms with Crippen molar-refractivity contribution in [2.75, 3.05) is 17.7 Å². The van der Waals surface area contributed by atoms with Crippen molar-refractivity contribution < 1.29 is 14.3 Å². The Kier molecular flexibility index (Phi) is 5.86. The van der Waals surface area contributed by atoms with Crippen molar-refractivity contribution in [2.45, 2.75) is 6.92 Å². The number of hydrogen-bond acceptors (Lipinski definition) is 6. The molecule has 3 aromatic rings. The van der Waals surface area contributed by atoms with Gasteiger partial charge in [0.25, 0.3) is 5.91 Å². The summed E-state index contributed by atoms with van der Waals surface area (Å²) < 4.78 is 4.66. The van der Waals surface area contributed by atoms with Crippen molar-refractivity contribution in [3.05, 3.63) is 76.6 Å². The molecular weight excluding hydrogens is 380 g/mol. The quantitative estimate of drug-likeness (QED) is 0.627. The van der Waals surface area contributed by atoms with E-state index in [-0.39, 0.29) is 5.91 Å². The fraction of sp³-hybridized carbons (Fsp3) is 0.100. The highest BCUT2D eigenvalue weighted by molar-refractivity contribution is 6.31. The predicted octanol–water partition coefficient (Wildman–Crippen LogP) is 4.22. The number of methoxy groups -OCH3 is 1. The van der Waals surface area contributed by atoms with Crippen LogP contribution in [0.3, 0.4) is 0 Å². The molecule has 3 rings (SSSR count). The first kappa shape index (κ1) is 19.3. The molecule has 142 valence electrons. The van der Waals surface area contributed by atoms with Gasteiger partial charge in [-0.15, -0.1) is 0 Å². The lowest BCUT2D eigenvalue weighted by Gasteiger charge is -2.09. The van der Waals surface area contributed by atoms with E-state index in [2.05, 4.69) is 25.3 Å². The van der Waals surface area contributed by atoms with E-state index in [9.17, 15) is 9.59 Å². The van der Waals surface area contributed by atoms with Gasteiger partial charge in [0, 0.05) is 28.8 Å². The summed E-state index contributed by atoms with van der Waals surface area (Å²) in [5, 5.41) is 6.33. The number of benzene rings is 2. The molecule has 1 amide bonds. The first-order valence-electron chi connectivity index (χ1n) is 8.31. The lowest BCUT2D eigenvalue weighted by Crippen LogP contribution is -2.14. The number of amides is 1. The standard InChI is InChI=1S/C20H17ClN4O3/c1-12-3-6-15(21)9-17(12)25-18(26)14-10-22-20(23-11-14)24-16-7-4-13(5-8-16)19(27)28-2/h3-11H,1-2H3,(H,25,26)(H,22,23,24). The number of anilines is 3. The first-order chi connectivity index (χ1) is 13.5. The number of aromatic nitrogens is 2. The van der Waals surface area contributed by atoms with Crippen molar-refractivity contribution in [3.63, 3.8) is 0 Å². The summed E-state index contributed by atoms with van der Waals surface area (Å²) in [5.41, 5.74) is 2.97. The number of carbonyl (C=O) groups is 2. The molecule has 2 aromatic carbocycles. The molecule has 0 atom stereocenters. The molecule has 0 unspecified atom stereocenters. The van der Waals surface area contributed by atoms with Crippen LogP contribution in [0.15, 0.2) is 54.9 Å². The molecule has 1 heterocycles. The normalized spacial score (nSPS) is 10.2. The molecule has 0 radical (unpaired) electrons. The summed E-state index contributed by atoms with van der Waals surface area (Å²) >= 11 is 5.97. The largest absolute Gasteiger partial charge is 0.465 e. The summed E-state index contributed by atoms with van der Waals surface area (Å²) in [4.78, 5) is 32.1. The van der Waals surface area contributed by atoms with Crippen molar-refractivity contribution in [1.82, 2.24) is 9.97 Å². The zero-order valence-corrected chi connectivity index (χ0v) is 15.9. The van der Waals surface area contributed by atoms with Crippen molar-refractivity contribution in [1.29, 1.82) is 0 Å². The molecule has 0 bridgehead atoms. The molecule has 0 saturated carbocycles. The van der Waals surface area contributed by atoms with E-state index in [1.54, 1.807) is 36.4 Å². The van der Waals surface area contributed by atoms with E-state index in [0.717, 1.165) is 5.56 Å². The SMILES string of the molecule is COC(=O)c1ccc(Nc2ncc(C(=O)Nc3cc(Cl)ccc3C)cn2)cc1. The molecule has 7 nitrogen and oxygen atoms in total. The van der Waals surface area contributed by atoms with Crippen LogP contribution in [0, 0.1) is 6.92 Å². The molecule has 0 saturated heterocycles. The van der Waals surface area contributed by atoms with Gasteiger partial charge in [-0.2, -0.15) is 0 Å². The number of nitrogens with zero attached hydrogens (tertiary/aromatic N) is 2. The number of rotatable bonds is 5. The van der Waals surface area contributed by atoms with Crippen LogP contribution in [-0.2, 0) is 4.74 Å². The number of esters is 1. The summed E-state index contributed by atoms with van der Waals surface area (Å²) in [6, 6.07) is 11.9. The predicted molar refractivity (Wildman–Crippen MR) is 107 cm³/mol. The Morgan fingerprint density at radius 3 is 2.32 bits per heavy atom. The average Bonchev–Trinajstić information content (AvgIpc) is 2.71. The lowest BCUT2D eigenvalue weighted by molar-refractivity contribution is 0.0600. The zero-order valence-electron chi connectivity index (χ0n) is 15.2. The van der Waals surface area contributed by atoms with E-state index < -0.39 is 5.97 Å². The molecule has 0 spiro atoms. The molecule has 0 fully saturated rings. The van der Waals surface area contributed by atoms with Crippen LogP contribution < -0.4 is 10.6 Å². The third-order valence-corrected chi connectivity index (χ3v) is 4.16. The van der Waals surface area contributed by atoms with Gasteiger partial charge in [0.05, 0.1) is 18.2 Å². The van der Waals surface area contributed by atoms with Crippen LogP contribution in [0.4, 0.5) is 17.3 Å². The Labute approximate surface area is 166 Å². The number of nitrogens with one attached hydrogen (secondary N) is 2. The number of halogens is 1. The fourth-order valence-corrected chi connectivity index (χ4v) is 2.54. The highest BCUT2D eigenvalue weighted by atomic mass is 35.5. The van der Waals surface area contributed by atoms with Crippen molar-refractivity contribution in [3.8, 4) is 0 Å². The third kappa shape index (κ3) is 4.63. The molecule has 0 aliphatic rings. The second-order valence-electron chi connectivity index (χ2n) is 5.90.